The van der Waals surface area contributed by atoms with Gasteiger partial charge in [-0.1, -0.05) is 43.9 Å². The third-order valence-electron chi connectivity index (χ3n) is 6.41. The molecule has 0 N–H and O–H groups in total. The zero-order valence-corrected chi connectivity index (χ0v) is 22.5. The quantitative estimate of drug-likeness (QED) is 0.311. The minimum Gasteiger partial charge on any atom is -0.309 e. The van der Waals surface area contributed by atoms with Crippen LogP contribution in [-0.4, -0.2) is 38.7 Å². The molecule has 0 amide bonds. The predicted molar refractivity (Wildman–Crippen MR) is 136 cm³/mol. The second-order valence-corrected chi connectivity index (χ2v) is 13.3. The van der Waals surface area contributed by atoms with Gasteiger partial charge in [-0.2, -0.15) is 0 Å². The molecule has 2 aromatic rings. The van der Waals surface area contributed by atoms with Crippen LogP contribution >= 0.6 is 7.60 Å². The van der Waals surface area contributed by atoms with Crippen molar-refractivity contribution in [3.63, 3.8) is 0 Å². The summed E-state index contributed by atoms with van der Waals surface area (Å²) in [5.74, 6) is 0.267. The number of benzene rings is 1. The monoisotopic (exact) mass is 521 g/mol. The van der Waals surface area contributed by atoms with E-state index in [0.29, 0.717) is 24.8 Å². The van der Waals surface area contributed by atoms with E-state index in [2.05, 4.69) is 4.98 Å². The summed E-state index contributed by atoms with van der Waals surface area (Å²) >= 11 is 0. The molecule has 0 unspecified atom stereocenters. The van der Waals surface area contributed by atoms with E-state index in [0.717, 1.165) is 30.4 Å². The van der Waals surface area contributed by atoms with E-state index in [4.69, 9.17) is 9.05 Å². The number of rotatable bonds is 13. The zero-order valence-electron chi connectivity index (χ0n) is 20.8. The van der Waals surface area contributed by atoms with Crippen molar-refractivity contribution in [1.82, 2.24) is 4.98 Å². The molecule has 7 nitrogen and oxygen atoms in total. The summed E-state index contributed by atoms with van der Waals surface area (Å²) in [6.07, 6.45) is 8.51. The number of carbonyl (C=O) groups excluding carboxylic acids is 1. The fourth-order valence-electron chi connectivity index (χ4n) is 4.68. The third-order valence-corrected chi connectivity index (χ3v) is 9.60. The van der Waals surface area contributed by atoms with Crippen LogP contribution in [0.4, 0.5) is 0 Å². The average molecular weight is 522 g/mol. The van der Waals surface area contributed by atoms with E-state index < -0.39 is 17.4 Å². The van der Waals surface area contributed by atoms with E-state index in [1.807, 2.05) is 6.07 Å². The summed E-state index contributed by atoms with van der Waals surface area (Å²) in [6, 6.07) is 10.3. The van der Waals surface area contributed by atoms with Crippen molar-refractivity contribution in [2.75, 3.05) is 19.5 Å². The Morgan fingerprint density at radius 3 is 2.20 bits per heavy atom. The summed E-state index contributed by atoms with van der Waals surface area (Å²) in [7, 11) is -6.52. The summed E-state index contributed by atoms with van der Waals surface area (Å²) in [5, 5.41) is 0. The van der Waals surface area contributed by atoms with Crippen molar-refractivity contribution in [3.8, 4) is 0 Å². The molecular formula is C26H36NO6PS. The molecule has 0 aliphatic heterocycles. The highest BCUT2D eigenvalue weighted by Crippen LogP contribution is 2.51. The molecular weight excluding hydrogens is 485 g/mol. The zero-order chi connectivity index (χ0) is 25.5. The maximum absolute atomic E-state index is 13.4. The number of hydrogen-bond acceptors (Lipinski definition) is 7. The summed E-state index contributed by atoms with van der Waals surface area (Å²) < 4.78 is 47.2. The highest BCUT2D eigenvalue weighted by molar-refractivity contribution is 7.90. The van der Waals surface area contributed by atoms with Gasteiger partial charge in [0.25, 0.3) is 0 Å². The van der Waals surface area contributed by atoms with Crippen LogP contribution in [0.15, 0.2) is 47.5 Å². The largest absolute Gasteiger partial charge is 0.335 e. The standard InChI is InChI=1S/C26H36NO6PS/c1-4-32-34(29,33-5-2)19-21-10-13-23(27-18-21)17-26(28)25(16-20-8-6-7-9-20)22-11-14-24(15-12-22)35(3,30)31/h10-15,18,20,25H,4-9,16-17,19H2,1-3H3/t25-/m1/s1. The second-order valence-electron chi connectivity index (χ2n) is 9.19. The van der Waals surface area contributed by atoms with Crippen LogP contribution in [0.3, 0.4) is 0 Å². The van der Waals surface area contributed by atoms with E-state index in [9.17, 15) is 17.8 Å². The Balaban J connectivity index is 1.75. The number of nitrogens with zero attached hydrogens (tertiary/aromatic N) is 1. The van der Waals surface area contributed by atoms with Crippen molar-refractivity contribution in [1.29, 1.82) is 0 Å². The molecule has 0 spiro atoms. The molecule has 0 saturated heterocycles. The molecule has 1 aromatic carbocycles. The van der Waals surface area contributed by atoms with E-state index in [1.54, 1.807) is 50.4 Å². The lowest BCUT2D eigenvalue weighted by Crippen LogP contribution is -2.18. The molecule has 1 fully saturated rings. The second kappa shape index (κ2) is 12.4. The van der Waals surface area contributed by atoms with Gasteiger partial charge in [-0.15, -0.1) is 0 Å². The van der Waals surface area contributed by atoms with Crippen molar-refractivity contribution >= 4 is 23.2 Å². The molecule has 3 rings (SSSR count). The first-order chi connectivity index (χ1) is 16.6. The number of carbonyl (C=O) groups is 1. The topological polar surface area (TPSA) is 99.6 Å². The third kappa shape index (κ3) is 8.07. The molecule has 1 aromatic heterocycles. The van der Waals surface area contributed by atoms with Crippen LogP contribution in [0.1, 0.15) is 68.7 Å². The van der Waals surface area contributed by atoms with Gasteiger partial charge in [0, 0.05) is 30.5 Å². The van der Waals surface area contributed by atoms with Gasteiger partial charge in [0.15, 0.2) is 9.84 Å². The van der Waals surface area contributed by atoms with Crippen molar-refractivity contribution in [3.05, 3.63) is 59.4 Å². The van der Waals surface area contributed by atoms with E-state index in [1.165, 1.54) is 19.1 Å². The number of Topliss-reactive ketones (excluding diaryl/α,β-unsaturated/α-hetero) is 1. The smallest absolute Gasteiger partial charge is 0.309 e. The number of aromatic nitrogens is 1. The molecule has 192 valence electrons. The molecule has 1 atom stereocenters. The highest BCUT2D eigenvalue weighted by atomic mass is 32.2. The SMILES string of the molecule is CCOP(=O)(Cc1ccc(CC(=O)[C@H](CC2CCCC2)c2ccc(S(C)(=O)=O)cc2)nc1)OCC. The summed E-state index contributed by atoms with van der Waals surface area (Å²) in [4.78, 5) is 18.1. The van der Waals surface area contributed by atoms with Crippen molar-refractivity contribution in [2.24, 2.45) is 5.92 Å². The maximum atomic E-state index is 13.4. The molecule has 1 aliphatic rings. The Hall–Kier alpha value is -1.86. The minimum atomic E-state index is -3.29. The van der Waals surface area contributed by atoms with Crippen molar-refractivity contribution < 1.29 is 26.8 Å². The van der Waals surface area contributed by atoms with Crippen molar-refractivity contribution in [2.45, 2.75) is 69.3 Å². The fourth-order valence-corrected chi connectivity index (χ4v) is 6.99. The lowest BCUT2D eigenvalue weighted by Gasteiger charge is -2.20. The first-order valence-corrected chi connectivity index (χ1v) is 15.9. The number of pyridine rings is 1. The predicted octanol–water partition coefficient (Wildman–Crippen LogP) is 5.73. The summed E-state index contributed by atoms with van der Waals surface area (Å²) in [5.41, 5.74) is 2.22. The van der Waals surface area contributed by atoms with Crippen LogP contribution < -0.4 is 0 Å². The van der Waals surface area contributed by atoms with Crippen LogP contribution in [0, 0.1) is 5.92 Å². The number of sulfone groups is 1. The van der Waals surface area contributed by atoms with Crippen LogP contribution in [-0.2, 0) is 40.8 Å². The van der Waals surface area contributed by atoms with E-state index in [-0.39, 0.29) is 29.2 Å². The van der Waals surface area contributed by atoms with Crippen LogP contribution in [0.5, 0.6) is 0 Å². The van der Waals surface area contributed by atoms with Gasteiger partial charge in [-0.25, -0.2) is 8.42 Å². The Bertz CT molecular complexity index is 1120. The normalized spacial score (nSPS) is 15.9. The van der Waals surface area contributed by atoms with Gasteiger partial charge in [-0.3, -0.25) is 14.3 Å². The van der Waals surface area contributed by atoms with Gasteiger partial charge in [-0.05, 0) is 55.5 Å². The number of ketones is 1. The molecule has 35 heavy (non-hydrogen) atoms. The first kappa shape index (κ1) is 27.7. The summed E-state index contributed by atoms with van der Waals surface area (Å²) in [6.45, 7) is 4.14. The Labute approximate surface area is 209 Å². The van der Waals surface area contributed by atoms with Crippen LogP contribution in [0.2, 0.25) is 0 Å². The molecule has 1 heterocycles. The van der Waals surface area contributed by atoms with Gasteiger partial charge in [0.1, 0.15) is 5.78 Å². The highest BCUT2D eigenvalue weighted by Gasteiger charge is 2.28. The van der Waals surface area contributed by atoms with Gasteiger partial charge in [0.05, 0.1) is 24.3 Å². The Morgan fingerprint density at radius 1 is 1.06 bits per heavy atom. The number of hydrogen-bond donors (Lipinski definition) is 0. The first-order valence-electron chi connectivity index (χ1n) is 12.3. The van der Waals surface area contributed by atoms with Gasteiger partial charge < -0.3 is 9.05 Å². The Kier molecular flexibility index (Phi) is 9.82. The fraction of sp³-hybridized carbons (Fsp3) is 0.538. The molecule has 1 aliphatic carbocycles. The van der Waals surface area contributed by atoms with Gasteiger partial charge in [0.2, 0.25) is 0 Å². The lowest BCUT2D eigenvalue weighted by atomic mass is 9.83. The Morgan fingerprint density at radius 2 is 1.69 bits per heavy atom. The average Bonchev–Trinajstić information content (AvgIpc) is 3.32. The molecule has 0 bridgehead atoms. The lowest BCUT2D eigenvalue weighted by molar-refractivity contribution is -0.120. The van der Waals surface area contributed by atoms with Gasteiger partial charge >= 0.3 is 7.60 Å². The molecule has 0 radical (unpaired) electrons. The molecule has 1 saturated carbocycles. The minimum absolute atomic E-state index is 0.0681. The maximum Gasteiger partial charge on any atom is 0.335 e. The molecule has 9 heteroatoms. The van der Waals surface area contributed by atoms with E-state index >= 15 is 0 Å². The van der Waals surface area contributed by atoms with Crippen LogP contribution in [0.25, 0.3) is 0 Å².